The number of aromatic nitrogens is 2. The smallest absolute Gasteiger partial charge is 0.272 e. The Hall–Kier alpha value is -3.53. The SMILES string of the molecule is CN1C(=O)c2cc(C(=O)NCCc3cccs3)nn2C[C@@]1(C)C(=O)NCc1ccc(F)cc1. The highest BCUT2D eigenvalue weighted by Gasteiger charge is 2.46. The highest BCUT2D eigenvalue weighted by molar-refractivity contribution is 7.09. The van der Waals surface area contributed by atoms with Gasteiger partial charge in [-0.15, -0.1) is 11.3 Å². The van der Waals surface area contributed by atoms with Crippen LogP contribution in [0.1, 0.15) is 38.3 Å². The normalized spacial score (nSPS) is 17.5. The van der Waals surface area contributed by atoms with E-state index < -0.39 is 11.4 Å². The molecule has 0 saturated carbocycles. The lowest BCUT2D eigenvalue weighted by Gasteiger charge is -2.40. The summed E-state index contributed by atoms with van der Waals surface area (Å²) in [6.07, 6.45) is 0.713. The topological polar surface area (TPSA) is 96.3 Å². The number of nitrogens with zero attached hydrogens (tertiary/aromatic N) is 3. The van der Waals surface area contributed by atoms with Gasteiger partial charge < -0.3 is 15.5 Å². The van der Waals surface area contributed by atoms with Crippen molar-refractivity contribution in [3.63, 3.8) is 0 Å². The summed E-state index contributed by atoms with van der Waals surface area (Å²) in [7, 11) is 1.55. The maximum absolute atomic E-state index is 13.1. The number of hydrogen-bond acceptors (Lipinski definition) is 5. The van der Waals surface area contributed by atoms with Crippen LogP contribution in [0.3, 0.4) is 0 Å². The van der Waals surface area contributed by atoms with Gasteiger partial charge in [0.05, 0.1) is 6.54 Å². The van der Waals surface area contributed by atoms with E-state index in [-0.39, 0.29) is 42.1 Å². The summed E-state index contributed by atoms with van der Waals surface area (Å²) in [6.45, 7) is 2.40. The maximum Gasteiger partial charge on any atom is 0.272 e. The van der Waals surface area contributed by atoms with Gasteiger partial charge in [0.1, 0.15) is 17.1 Å². The van der Waals surface area contributed by atoms with Crippen molar-refractivity contribution in [3.8, 4) is 0 Å². The van der Waals surface area contributed by atoms with Crippen LogP contribution in [0, 0.1) is 5.82 Å². The number of fused-ring (bicyclic) bond motifs is 1. The van der Waals surface area contributed by atoms with Gasteiger partial charge in [0.2, 0.25) is 5.91 Å². The summed E-state index contributed by atoms with van der Waals surface area (Å²) in [5.41, 5.74) is -0.0821. The van der Waals surface area contributed by atoms with Gasteiger partial charge in [-0.2, -0.15) is 5.10 Å². The van der Waals surface area contributed by atoms with E-state index in [2.05, 4.69) is 15.7 Å². The average molecular weight is 470 g/mol. The van der Waals surface area contributed by atoms with Gasteiger partial charge in [-0.3, -0.25) is 19.1 Å². The van der Waals surface area contributed by atoms with Crippen molar-refractivity contribution in [1.82, 2.24) is 25.3 Å². The second-order valence-electron chi connectivity index (χ2n) is 8.10. The number of nitrogens with one attached hydrogen (secondary N) is 2. The number of thiophene rings is 1. The van der Waals surface area contributed by atoms with Crippen LogP contribution in [-0.4, -0.2) is 51.5 Å². The zero-order chi connectivity index (χ0) is 23.6. The number of likely N-dealkylation sites (N-methyl/N-ethyl adjacent to an activating group) is 1. The summed E-state index contributed by atoms with van der Waals surface area (Å²) in [6, 6.07) is 11.2. The van der Waals surface area contributed by atoms with E-state index in [0.717, 1.165) is 5.56 Å². The average Bonchev–Trinajstić information content (AvgIpc) is 3.47. The molecule has 0 aliphatic carbocycles. The molecule has 0 radical (unpaired) electrons. The molecular weight excluding hydrogens is 445 g/mol. The maximum atomic E-state index is 13.1. The van der Waals surface area contributed by atoms with Crippen molar-refractivity contribution in [2.75, 3.05) is 13.6 Å². The second-order valence-corrected chi connectivity index (χ2v) is 9.14. The molecule has 3 amide bonds. The first-order valence-corrected chi connectivity index (χ1v) is 11.4. The van der Waals surface area contributed by atoms with Crippen LogP contribution in [0.5, 0.6) is 0 Å². The van der Waals surface area contributed by atoms with E-state index >= 15 is 0 Å². The highest BCUT2D eigenvalue weighted by Crippen LogP contribution is 2.26. The monoisotopic (exact) mass is 469 g/mol. The Morgan fingerprint density at radius 3 is 2.67 bits per heavy atom. The molecule has 3 aromatic rings. The van der Waals surface area contributed by atoms with E-state index in [4.69, 9.17) is 0 Å². The fraction of sp³-hybridized carbons (Fsp3) is 0.304. The molecule has 2 N–H and O–H groups in total. The number of carbonyl (C=O) groups is 3. The van der Waals surface area contributed by atoms with Crippen LogP contribution in [0.4, 0.5) is 4.39 Å². The van der Waals surface area contributed by atoms with E-state index in [1.165, 1.54) is 32.7 Å². The molecular formula is C23H24FN5O3S. The Labute approximate surface area is 194 Å². The Kier molecular flexibility index (Phi) is 6.28. The molecule has 0 bridgehead atoms. The van der Waals surface area contributed by atoms with Gasteiger partial charge in [0, 0.05) is 31.1 Å². The van der Waals surface area contributed by atoms with Crippen molar-refractivity contribution in [2.24, 2.45) is 0 Å². The number of rotatable bonds is 7. The molecule has 1 aliphatic heterocycles. The molecule has 1 aliphatic rings. The summed E-state index contributed by atoms with van der Waals surface area (Å²) >= 11 is 1.62. The number of hydrogen-bond donors (Lipinski definition) is 2. The van der Waals surface area contributed by atoms with Crippen molar-refractivity contribution >= 4 is 29.1 Å². The Morgan fingerprint density at radius 2 is 1.97 bits per heavy atom. The van der Waals surface area contributed by atoms with Gasteiger partial charge in [-0.05, 0) is 42.5 Å². The zero-order valence-electron chi connectivity index (χ0n) is 18.3. The third-order valence-electron chi connectivity index (χ3n) is 5.83. The van der Waals surface area contributed by atoms with Crippen molar-refractivity contribution in [3.05, 3.63) is 75.5 Å². The lowest BCUT2D eigenvalue weighted by Crippen LogP contribution is -2.62. The minimum atomic E-state index is -1.21. The van der Waals surface area contributed by atoms with Crippen LogP contribution in [0.2, 0.25) is 0 Å². The second kappa shape index (κ2) is 9.14. The molecule has 0 saturated heterocycles. The van der Waals surface area contributed by atoms with Crippen LogP contribution in [0.15, 0.2) is 47.8 Å². The van der Waals surface area contributed by atoms with Gasteiger partial charge in [0.15, 0.2) is 5.69 Å². The standard InChI is InChI=1S/C23H24FN5O3S/c1-23(22(32)26-13-15-5-7-16(24)8-6-15)14-29-19(21(31)28(23)2)12-18(27-29)20(30)25-10-9-17-4-3-11-33-17/h3-8,11-12H,9-10,13-14H2,1-2H3,(H,25,30)(H,26,32)/t23-/m0/s1. The molecule has 0 spiro atoms. The fourth-order valence-electron chi connectivity index (χ4n) is 3.66. The third kappa shape index (κ3) is 4.65. The third-order valence-corrected chi connectivity index (χ3v) is 6.76. The Bertz CT molecular complexity index is 1180. The summed E-state index contributed by atoms with van der Waals surface area (Å²) in [4.78, 5) is 41.1. The van der Waals surface area contributed by atoms with E-state index in [9.17, 15) is 18.8 Å². The molecule has 172 valence electrons. The predicted molar refractivity (Wildman–Crippen MR) is 121 cm³/mol. The zero-order valence-corrected chi connectivity index (χ0v) is 19.1. The fourth-order valence-corrected chi connectivity index (χ4v) is 4.37. The molecule has 2 aromatic heterocycles. The summed E-state index contributed by atoms with van der Waals surface area (Å²) < 4.78 is 14.5. The van der Waals surface area contributed by atoms with Crippen molar-refractivity contribution < 1.29 is 18.8 Å². The van der Waals surface area contributed by atoms with E-state index in [1.807, 2.05) is 17.5 Å². The van der Waals surface area contributed by atoms with Crippen LogP contribution in [0.25, 0.3) is 0 Å². The molecule has 0 fully saturated rings. The molecule has 8 nitrogen and oxygen atoms in total. The lowest BCUT2D eigenvalue weighted by molar-refractivity contribution is -0.132. The van der Waals surface area contributed by atoms with Crippen molar-refractivity contribution in [2.45, 2.75) is 32.0 Å². The molecule has 1 aromatic carbocycles. The molecule has 10 heteroatoms. The lowest BCUT2D eigenvalue weighted by atomic mass is 9.96. The first-order valence-electron chi connectivity index (χ1n) is 10.5. The number of halogens is 1. The quantitative estimate of drug-likeness (QED) is 0.555. The van der Waals surface area contributed by atoms with Crippen LogP contribution in [-0.2, 0) is 24.3 Å². The molecule has 0 unspecified atom stereocenters. The number of amides is 3. The summed E-state index contributed by atoms with van der Waals surface area (Å²) in [5, 5.41) is 11.9. The largest absolute Gasteiger partial charge is 0.350 e. The minimum Gasteiger partial charge on any atom is -0.350 e. The molecule has 1 atom stereocenters. The Balaban J connectivity index is 1.43. The first-order chi connectivity index (χ1) is 15.8. The Morgan fingerprint density at radius 1 is 1.21 bits per heavy atom. The first kappa shape index (κ1) is 22.7. The number of benzene rings is 1. The molecule has 3 heterocycles. The van der Waals surface area contributed by atoms with Crippen LogP contribution >= 0.6 is 11.3 Å². The number of carbonyl (C=O) groups excluding carboxylic acids is 3. The van der Waals surface area contributed by atoms with Gasteiger partial charge >= 0.3 is 0 Å². The van der Waals surface area contributed by atoms with E-state index in [0.29, 0.717) is 13.0 Å². The van der Waals surface area contributed by atoms with Gasteiger partial charge in [-0.1, -0.05) is 18.2 Å². The minimum absolute atomic E-state index is 0.0995. The summed E-state index contributed by atoms with van der Waals surface area (Å²) in [5.74, 6) is -1.49. The molecule has 4 rings (SSSR count). The van der Waals surface area contributed by atoms with Crippen LogP contribution < -0.4 is 10.6 Å². The van der Waals surface area contributed by atoms with Gasteiger partial charge in [0.25, 0.3) is 11.8 Å². The highest BCUT2D eigenvalue weighted by atomic mass is 32.1. The predicted octanol–water partition coefficient (Wildman–Crippen LogP) is 2.22. The molecule has 33 heavy (non-hydrogen) atoms. The van der Waals surface area contributed by atoms with Crippen molar-refractivity contribution in [1.29, 1.82) is 0 Å². The van der Waals surface area contributed by atoms with E-state index in [1.54, 1.807) is 37.4 Å². The van der Waals surface area contributed by atoms with Gasteiger partial charge in [-0.25, -0.2) is 4.39 Å².